The molecular formula is C20H28N4O3S. The Morgan fingerprint density at radius 2 is 1.86 bits per heavy atom. The Bertz CT molecular complexity index is 797. The summed E-state index contributed by atoms with van der Waals surface area (Å²) < 4.78 is 5.24. The number of nitrogens with zero attached hydrogens (tertiary/aromatic N) is 1. The highest BCUT2D eigenvalue weighted by Crippen LogP contribution is 2.31. The van der Waals surface area contributed by atoms with Crippen molar-refractivity contribution < 1.29 is 14.3 Å². The lowest BCUT2D eigenvalue weighted by Crippen LogP contribution is -2.46. The van der Waals surface area contributed by atoms with Gasteiger partial charge in [0.05, 0.1) is 18.2 Å². The molecule has 0 saturated carbocycles. The van der Waals surface area contributed by atoms with E-state index < -0.39 is 6.04 Å². The van der Waals surface area contributed by atoms with Crippen molar-refractivity contribution in [1.29, 1.82) is 0 Å². The number of amides is 2. The molecular weight excluding hydrogens is 376 g/mol. The monoisotopic (exact) mass is 404 g/mol. The van der Waals surface area contributed by atoms with E-state index in [0.29, 0.717) is 23.0 Å². The van der Waals surface area contributed by atoms with Crippen LogP contribution >= 0.6 is 12.2 Å². The van der Waals surface area contributed by atoms with Gasteiger partial charge in [0.1, 0.15) is 0 Å². The van der Waals surface area contributed by atoms with Crippen LogP contribution in [0.1, 0.15) is 46.2 Å². The van der Waals surface area contributed by atoms with Crippen molar-refractivity contribution >= 4 is 35.0 Å². The van der Waals surface area contributed by atoms with Gasteiger partial charge in [-0.1, -0.05) is 12.1 Å². The van der Waals surface area contributed by atoms with Gasteiger partial charge in [0.15, 0.2) is 5.11 Å². The lowest BCUT2D eigenvalue weighted by molar-refractivity contribution is -0.139. The molecule has 1 aromatic carbocycles. The third kappa shape index (κ3) is 5.22. The van der Waals surface area contributed by atoms with Crippen LogP contribution < -0.4 is 16.0 Å². The maximum atomic E-state index is 12.5. The first-order valence-corrected chi connectivity index (χ1v) is 9.55. The standard InChI is InChI=1S/C20H28N4O3S/c1-7-27-17(25)15-12(2)24(6)19(28)22-16(15)13-8-10-14(11-9-13)21-18(26)23-20(3,4)5/h8-11,16H,7H2,1-6H3,(H,22,28)(H2,21,23,26)/t16-/m1/s1. The Balaban J connectivity index is 2.26. The number of anilines is 1. The number of esters is 1. The molecule has 1 atom stereocenters. The molecule has 2 rings (SSSR count). The van der Waals surface area contributed by atoms with Gasteiger partial charge >= 0.3 is 12.0 Å². The van der Waals surface area contributed by atoms with E-state index in [1.165, 1.54) is 0 Å². The molecule has 0 spiro atoms. The first-order chi connectivity index (χ1) is 13.0. The van der Waals surface area contributed by atoms with Gasteiger partial charge in [-0.25, -0.2) is 9.59 Å². The number of benzene rings is 1. The molecule has 0 aliphatic carbocycles. The van der Waals surface area contributed by atoms with E-state index in [4.69, 9.17) is 17.0 Å². The lowest BCUT2D eigenvalue weighted by atomic mass is 9.95. The molecule has 0 bridgehead atoms. The molecule has 0 aromatic heterocycles. The molecule has 0 radical (unpaired) electrons. The topological polar surface area (TPSA) is 82.7 Å². The van der Waals surface area contributed by atoms with E-state index in [0.717, 1.165) is 11.3 Å². The average molecular weight is 405 g/mol. The number of thiocarbonyl (C=S) groups is 1. The predicted octanol–water partition coefficient (Wildman–Crippen LogP) is 3.30. The first-order valence-electron chi connectivity index (χ1n) is 9.14. The number of rotatable bonds is 4. The molecule has 152 valence electrons. The maximum Gasteiger partial charge on any atom is 0.338 e. The summed E-state index contributed by atoms with van der Waals surface area (Å²) in [6.07, 6.45) is 0. The van der Waals surface area contributed by atoms with E-state index in [2.05, 4.69) is 16.0 Å². The van der Waals surface area contributed by atoms with Crippen molar-refractivity contribution in [3.05, 3.63) is 41.1 Å². The first kappa shape index (κ1) is 21.7. The smallest absolute Gasteiger partial charge is 0.338 e. The fraction of sp³-hybridized carbons (Fsp3) is 0.450. The Hall–Kier alpha value is -2.61. The van der Waals surface area contributed by atoms with Gasteiger partial charge in [0.2, 0.25) is 0 Å². The number of carbonyl (C=O) groups is 2. The van der Waals surface area contributed by atoms with E-state index in [-0.39, 0.29) is 17.5 Å². The van der Waals surface area contributed by atoms with Crippen molar-refractivity contribution in [3.63, 3.8) is 0 Å². The van der Waals surface area contributed by atoms with Crippen LogP contribution in [0.25, 0.3) is 0 Å². The second-order valence-corrected chi connectivity index (χ2v) is 8.00. The van der Waals surface area contributed by atoms with Crippen molar-refractivity contribution in [1.82, 2.24) is 15.5 Å². The van der Waals surface area contributed by atoms with E-state index >= 15 is 0 Å². The highest BCUT2D eigenvalue weighted by molar-refractivity contribution is 7.80. The number of carbonyl (C=O) groups excluding carboxylic acids is 2. The highest BCUT2D eigenvalue weighted by atomic mass is 32.1. The summed E-state index contributed by atoms with van der Waals surface area (Å²) in [4.78, 5) is 26.3. The third-order valence-electron chi connectivity index (χ3n) is 4.24. The molecule has 1 aliphatic rings. The zero-order valence-corrected chi connectivity index (χ0v) is 18.0. The molecule has 1 aromatic rings. The van der Waals surface area contributed by atoms with Crippen LogP contribution in [0.5, 0.6) is 0 Å². The minimum atomic E-state index is -0.416. The minimum absolute atomic E-state index is 0.276. The van der Waals surface area contributed by atoms with Gasteiger partial charge in [-0.2, -0.15) is 0 Å². The zero-order valence-electron chi connectivity index (χ0n) is 17.2. The lowest BCUT2D eigenvalue weighted by Gasteiger charge is -2.35. The summed E-state index contributed by atoms with van der Waals surface area (Å²) in [6, 6.07) is 6.59. The number of hydrogen-bond donors (Lipinski definition) is 3. The van der Waals surface area contributed by atoms with Crippen LogP contribution in [0.2, 0.25) is 0 Å². The second kappa shape index (κ2) is 8.60. The molecule has 1 aliphatic heterocycles. The van der Waals surface area contributed by atoms with Gasteiger partial charge in [0.25, 0.3) is 0 Å². The van der Waals surface area contributed by atoms with E-state index in [1.54, 1.807) is 31.0 Å². The van der Waals surface area contributed by atoms with Gasteiger partial charge in [-0.3, -0.25) is 0 Å². The molecule has 2 amide bonds. The molecule has 1 heterocycles. The molecule has 0 saturated heterocycles. The maximum absolute atomic E-state index is 12.5. The van der Waals surface area contributed by atoms with Crippen molar-refractivity contribution in [2.45, 2.75) is 46.2 Å². The summed E-state index contributed by atoms with van der Waals surface area (Å²) in [5.41, 5.74) is 2.44. The molecule has 28 heavy (non-hydrogen) atoms. The predicted molar refractivity (Wildman–Crippen MR) is 114 cm³/mol. The molecule has 0 fully saturated rings. The largest absolute Gasteiger partial charge is 0.463 e. The molecule has 8 heteroatoms. The van der Waals surface area contributed by atoms with Gasteiger partial charge in [-0.05, 0) is 64.5 Å². The molecule has 3 N–H and O–H groups in total. The van der Waals surface area contributed by atoms with Crippen LogP contribution in [0.4, 0.5) is 10.5 Å². The van der Waals surface area contributed by atoms with Crippen LogP contribution in [0.15, 0.2) is 35.5 Å². The van der Waals surface area contributed by atoms with E-state index in [1.807, 2.05) is 39.8 Å². The summed E-state index contributed by atoms with van der Waals surface area (Å²) in [7, 11) is 1.81. The van der Waals surface area contributed by atoms with Crippen molar-refractivity contribution in [3.8, 4) is 0 Å². The number of urea groups is 1. The highest BCUT2D eigenvalue weighted by Gasteiger charge is 2.33. The van der Waals surface area contributed by atoms with Gasteiger partial charge < -0.3 is 25.6 Å². The van der Waals surface area contributed by atoms with Crippen LogP contribution in [0.3, 0.4) is 0 Å². The minimum Gasteiger partial charge on any atom is -0.463 e. The molecule has 0 unspecified atom stereocenters. The van der Waals surface area contributed by atoms with Gasteiger partial charge in [-0.15, -0.1) is 0 Å². The number of hydrogen-bond acceptors (Lipinski definition) is 4. The number of allylic oxidation sites excluding steroid dienone is 1. The Labute approximate surface area is 171 Å². The fourth-order valence-corrected chi connectivity index (χ4v) is 3.08. The second-order valence-electron chi connectivity index (χ2n) is 7.61. The van der Waals surface area contributed by atoms with Crippen molar-refractivity contribution in [2.24, 2.45) is 0 Å². The van der Waals surface area contributed by atoms with Gasteiger partial charge in [0, 0.05) is 24.0 Å². The third-order valence-corrected chi connectivity index (χ3v) is 4.63. The number of nitrogens with one attached hydrogen (secondary N) is 3. The van der Waals surface area contributed by atoms with Crippen molar-refractivity contribution in [2.75, 3.05) is 19.0 Å². The Morgan fingerprint density at radius 3 is 2.39 bits per heavy atom. The summed E-state index contributed by atoms with van der Waals surface area (Å²) in [5, 5.41) is 9.37. The normalized spacial score (nSPS) is 17.1. The summed E-state index contributed by atoms with van der Waals surface area (Å²) in [5.74, 6) is -0.376. The summed E-state index contributed by atoms with van der Waals surface area (Å²) in [6.45, 7) is 9.65. The van der Waals surface area contributed by atoms with Crippen LogP contribution in [-0.2, 0) is 9.53 Å². The quantitative estimate of drug-likeness (QED) is 0.528. The van der Waals surface area contributed by atoms with E-state index in [9.17, 15) is 9.59 Å². The SMILES string of the molecule is CCOC(=O)C1=C(C)N(C)C(=S)N[C@@H]1c1ccc(NC(=O)NC(C)(C)C)cc1. The number of ether oxygens (including phenoxy) is 1. The Kier molecular flexibility index (Phi) is 6.66. The van der Waals surface area contributed by atoms with Crippen LogP contribution in [-0.4, -0.2) is 41.2 Å². The molecule has 7 nitrogen and oxygen atoms in total. The van der Waals surface area contributed by atoms with Crippen LogP contribution in [0, 0.1) is 0 Å². The fourth-order valence-electron chi connectivity index (χ4n) is 2.82. The zero-order chi connectivity index (χ0) is 21.1. The average Bonchev–Trinajstić information content (AvgIpc) is 2.58. The summed E-state index contributed by atoms with van der Waals surface area (Å²) >= 11 is 5.38. The Morgan fingerprint density at radius 1 is 1.25 bits per heavy atom.